The molecule has 0 atom stereocenters. The van der Waals surface area contributed by atoms with Gasteiger partial charge in [-0.15, -0.1) is 5.10 Å². The number of pyridine rings is 2. The summed E-state index contributed by atoms with van der Waals surface area (Å²) in [6.07, 6.45) is 9.31. The second-order valence-corrected chi connectivity index (χ2v) is 7.32. The molecule has 0 radical (unpaired) electrons. The maximum absolute atomic E-state index is 5.50. The molecule has 4 aromatic rings. The van der Waals surface area contributed by atoms with Crippen molar-refractivity contribution < 1.29 is 4.74 Å². The minimum atomic E-state index is -0.0275. The zero-order valence-corrected chi connectivity index (χ0v) is 15.3. The summed E-state index contributed by atoms with van der Waals surface area (Å²) in [5.74, 6) is 0.633. The quantitative estimate of drug-likeness (QED) is 0.602. The van der Waals surface area contributed by atoms with Crippen LogP contribution in [0.2, 0.25) is 0 Å². The lowest BCUT2D eigenvalue weighted by Crippen LogP contribution is -2.49. The monoisotopic (exact) mass is 360 g/mol. The van der Waals surface area contributed by atoms with E-state index in [0.717, 1.165) is 40.5 Å². The predicted octanol–water partition coefficient (Wildman–Crippen LogP) is 3.32. The molecule has 7 nitrogen and oxygen atoms in total. The van der Waals surface area contributed by atoms with Gasteiger partial charge in [0.25, 0.3) is 0 Å². The van der Waals surface area contributed by atoms with Gasteiger partial charge in [0, 0.05) is 48.3 Å². The lowest BCUT2D eigenvalue weighted by molar-refractivity contribution is -0.0626. The molecule has 0 aromatic carbocycles. The van der Waals surface area contributed by atoms with Crippen LogP contribution in [0.25, 0.3) is 27.7 Å². The minimum Gasteiger partial charge on any atom is -0.378 e. The Hall–Kier alpha value is -3.06. The molecular weight excluding hydrogens is 340 g/mol. The molecule has 0 saturated heterocycles. The third-order valence-corrected chi connectivity index (χ3v) is 5.36. The number of hydrogen-bond acceptors (Lipinski definition) is 6. The summed E-state index contributed by atoms with van der Waals surface area (Å²) in [5.41, 5.74) is 3.74. The SMILES string of the molecule is COC1(C)CC(Nc2ncc3c(-c4cnc5ncccc5c4)ccn3n2)C1. The highest BCUT2D eigenvalue weighted by Crippen LogP contribution is 2.36. The second-order valence-electron chi connectivity index (χ2n) is 7.32. The Morgan fingerprint density at radius 2 is 2.07 bits per heavy atom. The van der Waals surface area contributed by atoms with Gasteiger partial charge in [0.1, 0.15) is 0 Å². The van der Waals surface area contributed by atoms with Gasteiger partial charge in [-0.25, -0.2) is 19.5 Å². The fourth-order valence-corrected chi connectivity index (χ4v) is 3.76. The maximum Gasteiger partial charge on any atom is 0.241 e. The summed E-state index contributed by atoms with van der Waals surface area (Å²) >= 11 is 0. The summed E-state index contributed by atoms with van der Waals surface area (Å²) in [6, 6.07) is 8.42. The second kappa shape index (κ2) is 5.99. The van der Waals surface area contributed by atoms with Gasteiger partial charge in [0.05, 0.1) is 17.3 Å². The largest absolute Gasteiger partial charge is 0.378 e. The van der Waals surface area contributed by atoms with E-state index in [1.165, 1.54) is 0 Å². The number of nitrogens with zero attached hydrogens (tertiary/aromatic N) is 5. The van der Waals surface area contributed by atoms with Crippen LogP contribution in [0, 0.1) is 0 Å². The van der Waals surface area contributed by atoms with Crippen molar-refractivity contribution in [3.05, 3.63) is 49.1 Å². The van der Waals surface area contributed by atoms with E-state index in [1.54, 1.807) is 13.3 Å². The zero-order valence-electron chi connectivity index (χ0n) is 15.3. The van der Waals surface area contributed by atoms with Crippen molar-refractivity contribution >= 4 is 22.5 Å². The van der Waals surface area contributed by atoms with Crippen molar-refractivity contribution in [2.24, 2.45) is 0 Å². The Bertz CT molecular complexity index is 1130. The van der Waals surface area contributed by atoms with Crippen molar-refractivity contribution in [3.8, 4) is 11.1 Å². The molecule has 27 heavy (non-hydrogen) atoms. The molecule has 0 bridgehead atoms. The highest BCUT2D eigenvalue weighted by Gasteiger charge is 2.40. The molecule has 1 aliphatic carbocycles. The molecule has 0 spiro atoms. The van der Waals surface area contributed by atoms with Crippen LogP contribution < -0.4 is 5.32 Å². The standard InChI is InChI=1S/C20H20N6O/c1-20(27-2)9-15(10-20)24-19-23-12-17-16(5-7-26(17)25-19)14-8-13-4-3-6-21-18(13)22-11-14/h3-8,11-12,15H,9-10H2,1-2H3,(H,24,25). The van der Waals surface area contributed by atoms with Crippen molar-refractivity contribution in [3.63, 3.8) is 0 Å². The van der Waals surface area contributed by atoms with Gasteiger partial charge in [-0.1, -0.05) is 0 Å². The van der Waals surface area contributed by atoms with E-state index >= 15 is 0 Å². The van der Waals surface area contributed by atoms with E-state index in [2.05, 4.69) is 38.4 Å². The van der Waals surface area contributed by atoms with Gasteiger partial charge in [-0.2, -0.15) is 0 Å². The average Bonchev–Trinajstić information content (AvgIpc) is 3.09. The first-order valence-corrected chi connectivity index (χ1v) is 9.01. The van der Waals surface area contributed by atoms with E-state index < -0.39 is 0 Å². The lowest BCUT2D eigenvalue weighted by atomic mass is 9.77. The van der Waals surface area contributed by atoms with Crippen LogP contribution in [0.3, 0.4) is 0 Å². The van der Waals surface area contributed by atoms with Gasteiger partial charge in [0.15, 0.2) is 5.65 Å². The van der Waals surface area contributed by atoms with Gasteiger partial charge < -0.3 is 10.1 Å². The van der Waals surface area contributed by atoms with Gasteiger partial charge in [0.2, 0.25) is 5.95 Å². The van der Waals surface area contributed by atoms with Gasteiger partial charge in [-0.05, 0) is 44.0 Å². The van der Waals surface area contributed by atoms with Gasteiger partial charge in [-0.3, -0.25) is 0 Å². The first-order chi connectivity index (χ1) is 13.1. The first-order valence-electron chi connectivity index (χ1n) is 9.01. The van der Waals surface area contributed by atoms with Crippen molar-refractivity contribution in [1.29, 1.82) is 0 Å². The van der Waals surface area contributed by atoms with Crippen LogP contribution in [0.5, 0.6) is 0 Å². The van der Waals surface area contributed by atoms with E-state index in [4.69, 9.17) is 4.74 Å². The smallest absolute Gasteiger partial charge is 0.241 e. The van der Waals surface area contributed by atoms with Crippen LogP contribution in [-0.2, 0) is 4.74 Å². The van der Waals surface area contributed by atoms with Crippen LogP contribution in [0.1, 0.15) is 19.8 Å². The summed E-state index contributed by atoms with van der Waals surface area (Å²) in [4.78, 5) is 13.2. The topological polar surface area (TPSA) is 77.2 Å². The average molecular weight is 360 g/mol. The molecule has 7 heteroatoms. The number of fused-ring (bicyclic) bond motifs is 2. The first kappa shape index (κ1) is 16.1. The Kier molecular flexibility index (Phi) is 3.58. The van der Waals surface area contributed by atoms with E-state index in [-0.39, 0.29) is 5.60 Å². The Labute approximate surface area is 156 Å². The number of methoxy groups -OCH3 is 1. The molecule has 0 amide bonds. The van der Waals surface area contributed by atoms with Crippen molar-refractivity contribution in [1.82, 2.24) is 24.6 Å². The van der Waals surface area contributed by atoms with Crippen LogP contribution in [0.4, 0.5) is 5.95 Å². The predicted molar refractivity (Wildman–Crippen MR) is 104 cm³/mol. The molecule has 5 rings (SSSR count). The van der Waals surface area contributed by atoms with Crippen molar-refractivity contribution in [2.75, 3.05) is 12.4 Å². The van der Waals surface area contributed by atoms with Crippen LogP contribution >= 0.6 is 0 Å². The molecule has 1 saturated carbocycles. The number of hydrogen-bond donors (Lipinski definition) is 1. The highest BCUT2D eigenvalue weighted by atomic mass is 16.5. The van der Waals surface area contributed by atoms with E-state index in [0.29, 0.717) is 12.0 Å². The summed E-state index contributed by atoms with van der Waals surface area (Å²) < 4.78 is 7.35. The molecule has 4 heterocycles. The van der Waals surface area contributed by atoms with Gasteiger partial charge >= 0.3 is 0 Å². The summed E-state index contributed by atoms with van der Waals surface area (Å²) in [6.45, 7) is 2.13. The fraction of sp³-hybridized carbons (Fsp3) is 0.300. The Morgan fingerprint density at radius 3 is 2.93 bits per heavy atom. The number of aromatic nitrogens is 5. The molecule has 4 aromatic heterocycles. The molecule has 1 fully saturated rings. The molecule has 0 unspecified atom stereocenters. The molecule has 1 aliphatic rings. The third kappa shape index (κ3) is 2.80. The Morgan fingerprint density at radius 1 is 1.19 bits per heavy atom. The number of nitrogens with one attached hydrogen (secondary N) is 1. The van der Waals surface area contributed by atoms with E-state index in [1.807, 2.05) is 41.3 Å². The maximum atomic E-state index is 5.50. The molecule has 1 N–H and O–H groups in total. The minimum absolute atomic E-state index is 0.0275. The normalized spacial score (nSPS) is 22.1. The third-order valence-electron chi connectivity index (χ3n) is 5.36. The molecule has 136 valence electrons. The summed E-state index contributed by atoms with van der Waals surface area (Å²) in [5, 5.41) is 9.00. The number of rotatable bonds is 4. The van der Waals surface area contributed by atoms with Crippen molar-refractivity contribution in [2.45, 2.75) is 31.4 Å². The van der Waals surface area contributed by atoms with Crippen LogP contribution in [0.15, 0.2) is 49.1 Å². The zero-order chi connectivity index (χ0) is 18.4. The van der Waals surface area contributed by atoms with E-state index in [9.17, 15) is 0 Å². The van der Waals surface area contributed by atoms with Crippen LogP contribution in [-0.4, -0.2) is 43.3 Å². The molecular formula is C20H20N6O. The fourth-order valence-electron chi connectivity index (χ4n) is 3.76. The lowest BCUT2D eigenvalue weighted by Gasteiger charge is -2.44. The molecule has 0 aliphatic heterocycles. The summed E-state index contributed by atoms with van der Waals surface area (Å²) in [7, 11) is 1.76. The number of ether oxygens (including phenoxy) is 1. The highest BCUT2D eigenvalue weighted by molar-refractivity contribution is 5.86. The Balaban J connectivity index is 1.43. The number of anilines is 1.